The van der Waals surface area contributed by atoms with Gasteiger partial charge < -0.3 is 19.1 Å². The Labute approximate surface area is 170 Å². The minimum absolute atomic E-state index is 0.192. The summed E-state index contributed by atoms with van der Waals surface area (Å²) in [5.41, 5.74) is 1.30. The fraction of sp³-hybridized carbons (Fsp3) is 0.350. The largest absolute Gasteiger partial charge is 0.493 e. The van der Waals surface area contributed by atoms with Gasteiger partial charge in [0.25, 0.3) is 0 Å². The van der Waals surface area contributed by atoms with E-state index in [1.54, 1.807) is 21.3 Å². The Balaban J connectivity index is 1.77. The molecular formula is C20H23N3O5S. The molecule has 0 aromatic heterocycles. The molecule has 154 valence electrons. The fourth-order valence-electron chi connectivity index (χ4n) is 3.29. The van der Waals surface area contributed by atoms with E-state index in [4.69, 9.17) is 19.5 Å². The number of anilines is 1. The van der Waals surface area contributed by atoms with Crippen LogP contribution in [0.5, 0.6) is 17.2 Å². The lowest BCUT2D eigenvalue weighted by atomic mass is 10.2. The lowest BCUT2D eigenvalue weighted by Crippen LogP contribution is -2.48. The van der Waals surface area contributed by atoms with Gasteiger partial charge in [0, 0.05) is 44.0 Å². The molecule has 1 fully saturated rings. The van der Waals surface area contributed by atoms with Crippen LogP contribution in [0.25, 0.3) is 0 Å². The standard InChI is InChI=1S/C20H23N3O5S/c1-26-18-12-16(13-19(27-2)20(18)28-3)22-8-10-23(11-9-22)29(24,25)17-6-4-15(14-21)5-7-17/h4-7,12-13H,8-11H2,1-3H3. The molecule has 29 heavy (non-hydrogen) atoms. The van der Waals surface area contributed by atoms with E-state index in [9.17, 15) is 8.42 Å². The van der Waals surface area contributed by atoms with Crippen LogP contribution in [0.1, 0.15) is 5.56 Å². The van der Waals surface area contributed by atoms with Gasteiger partial charge in [-0.15, -0.1) is 0 Å². The molecule has 0 saturated carbocycles. The Kier molecular flexibility index (Phi) is 6.15. The normalized spacial score (nSPS) is 14.9. The lowest BCUT2D eigenvalue weighted by Gasteiger charge is -2.35. The highest BCUT2D eigenvalue weighted by Gasteiger charge is 2.29. The average molecular weight is 417 g/mol. The molecule has 0 unspecified atom stereocenters. The number of rotatable bonds is 6. The summed E-state index contributed by atoms with van der Waals surface area (Å²) in [6.07, 6.45) is 0. The molecule has 0 bridgehead atoms. The van der Waals surface area contributed by atoms with Gasteiger partial charge >= 0.3 is 0 Å². The molecule has 1 aliphatic rings. The van der Waals surface area contributed by atoms with Gasteiger partial charge in [-0.2, -0.15) is 9.57 Å². The molecular weight excluding hydrogens is 394 g/mol. The third kappa shape index (κ3) is 4.09. The minimum atomic E-state index is -3.60. The number of benzene rings is 2. The zero-order valence-corrected chi connectivity index (χ0v) is 17.4. The van der Waals surface area contributed by atoms with Crippen molar-refractivity contribution in [1.29, 1.82) is 5.26 Å². The number of piperazine rings is 1. The first-order chi connectivity index (χ1) is 13.9. The molecule has 9 heteroatoms. The van der Waals surface area contributed by atoms with E-state index in [0.29, 0.717) is 49.0 Å². The van der Waals surface area contributed by atoms with Gasteiger partial charge in [-0.25, -0.2) is 8.42 Å². The van der Waals surface area contributed by atoms with E-state index < -0.39 is 10.0 Å². The number of hydrogen-bond acceptors (Lipinski definition) is 7. The van der Waals surface area contributed by atoms with Crippen LogP contribution in [0, 0.1) is 11.3 Å². The fourth-order valence-corrected chi connectivity index (χ4v) is 4.71. The van der Waals surface area contributed by atoms with Crippen molar-refractivity contribution < 1.29 is 22.6 Å². The molecule has 0 amide bonds. The maximum absolute atomic E-state index is 12.9. The van der Waals surface area contributed by atoms with Gasteiger partial charge in [-0.1, -0.05) is 0 Å². The summed E-state index contributed by atoms with van der Waals surface area (Å²) >= 11 is 0. The van der Waals surface area contributed by atoms with Crippen molar-refractivity contribution in [3.05, 3.63) is 42.0 Å². The average Bonchev–Trinajstić information content (AvgIpc) is 2.78. The van der Waals surface area contributed by atoms with Gasteiger partial charge in [-0.05, 0) is 24.3 Å². The smallest absolute Gasteiger partial charge is 0.243 e. The second kappa shape index (κ2) is 8.59. The van der Waals surface area contributed by atoms with Gasteiger partial charge in [0.1, 0.15) is 0 Å². The van der Waals surface area contributed by atoms with Crippen LogP contribution >= 0.6 is 0 Å². The first-order valence-corrected chi connectivity index (χ1v) is 10.4. The number of methoxy groups -OCH3 is 3. The van der Waals surface area contributed by atoms with E-state index in [1.807, 2.05) is 18.2 Å². The van der Waals surface area contributed by atoms with Crippen molar-refractivity contribution in [3.63, 3.8) is 0 Å². The molecule has 3 rings (SSSR count). The van der Waals surface area contributed by atoms with E-state index in [0.717, 1.165) is 5.69 Å². The molecule has 0 aliphatic carbocycles. The second-order valence-corrected chi connectivity index (χ2v) is 8.35. The molecule has 0 spiro atoms. The third-order valence-electron chi connectivity index (χ3n) is 4.87. The monoisotopic (exact) mass is 417 g/mol. The number of ether oxygens (including phenoxy) is 3. The van der Waals surface area contributed by atoms with Crippen LogP contribution in [-0.2, 0) is 10.0 Å². The highest BCUT2D eigenvalue weighted by molar-refractivity contribution is 7.89. The van der Waals surface area contributed by atoms with Crippen molar-refractivity contribution >= 4 is 15.7 Å². The van der Waals surface area contributed by atoms with Crippen molar-refractivity contribution in [2.45, 2.75) is 4.90 Å². The Morgan fingerprint density at radius 1 is 0.897 bits per heavy atom. The number of sulfonamides is 1. The summed E-state index contributed by atoms with van der Waals surface area (Å²) in [6, 6.07) is 11.7. The number of nitrogens with zero attached hydrogens (tertiary/aromatic N) is 3. The van der Waals surface area contributed by atoms with Crippen LogP contribution in [0.15, 0.2) is 41.3 Å². The highest BCUT2D eigenvalue weighted by atomic mass is 32.2. The number of hydrogen-bond donors (Lipinski definition) is 0. The zero-order valence-electron chi connectivity index (χ0n) is 16.6. The van der Waals surface area contributed by atoms with Crippen molar-refractivity contribution in [2.75, 3.05) is 52.4 Å². The van der Waals surface area contributed by atoms with Gasteiger partial charge in [-0.3, -0.25) is 0 Å². The second-order valence-electron chi connectivity index (χ2n) is 6.41. The van der Waals surface area contributed by atoms with E-state index in [1.165, 1.54) is 28.6 Å². The van der Waals surface area contributed by atoms with Crippen LogP contribution < -0.4 is 19.1 Å². The number of nitriles is 1. The predicted octanol–water partition coefficient (Wildman–Crippen LogP) is 2.09. The quantitative estimate of drug-likeness (QED) is 0.711. The van der Waals surface area contributed by atoms with Crippen LogP contribution in [-0.4, -0.2) is 60.2 Å². The van der Waals surface area contributed by atoms with Crippen LogP contribution in [0.2, 0.25) is 0 Å². The summed E-state index contributed by atoms with van der Waals surface area (Å²) in [5, 5.41) is 8.88. The highest BCUT2D eigenvalue weighted by Crippen LogP contribution is 2.41. The topological polar surface area (TPSA) is 92.1 Å². The molecule has 2 aromatic carbocycles. The Bertz CT molecular complexity index is 982. The molecule has 1 aliphatic heterocycles. The Hall–Kier alpha value is -2.96. The predicted molar refractivity (Wildman–Crippen MR) is 108 cm³/mol. The van der Waals surface area contributed by atoms with E-state index in [-0.39, 0.29) is 4.90 Å². The molecule has 2 aromatic rings. The van der Waals surface area contributed by atoms with Crippen molar-refractivity contribution in [2.24, 2.45) is 0 Å². The molecule has 0 atom stereocenters. The molecule has 8 nitrogen and oxygen atoms in total. The SMILES string of the molecule is COc1cc(N2CCN(S(=O)(=O)c3ccc(C#N)cc3)CC2)cc(OC)c1OC. The minimum Gasteiger partial charge on any atom is -0.493 e. The Morgan fingerprint density at radius 3 is 1.90 bits per heavy atom. The zero-order chi connectivity index (χ0) is 21.0. The summed E-state index contributed by atoms with van der Waals surface area (Å²) in [4.78, 5) is 2.27. The first-order valence-electron chi connectivity index (χ1n) is 9.00. The summed E-state index contributed by atoms with van der Waals surface area (Å²) in [7, 11) is 1.06. The lowest BCUT2D eigenvalue weighted by molar-refractivity contribution is 0.324. The van der Waals surface area contributed by atoms with Crippen molar-refractivity contribution in [3.8, 4) is 23.3 Å². The van der Waals surface area contributed by atoms with Gasteiger partial charge in [0.05, 0.1) is 37.9 Å². The van der Waals surface area contributed by atoms with Gasteiger partial charge in [0.2, 0.25) is 15.8 Å². The molecule has 0 N–H and O–H groups in total. The maximum atomic E-state index is 12.9. The van der Waals surface area contributed by atoms with Crippen LogP contribution in [0.3, 0.4) is 0 Å². The summed E-state index contributed by atoms with van der Waals surface area (Å²) in [6.45, 7) is 1.74. The van der Waals surface area contributed by atoms with E-state index >= 15 is 0 Å². The maximum Gasteiger partial charge on any atom is 0.243 e. The Morgan fingerprint density at radius 2 is 1.45 bits per heavy atom. The van der Waals surface area contributed by atoms with Crippen LogP contribution in [0.4, 0.5) is 5.69 Å². The molecule has 1 heterocycles. The first kappa shape index (κ1) is 20.8. The van der Waals surface area contributed by atoms with E-state index in [2.05, 4.69) is 4.90 Å². The van der Waals surface area contributed by atoms with Crippen molar-refractivity contribution in [1.82, 2.24) is 4.31 Å². The third-order valence-corrected chi connectivity index (χ3v) is 6.79. The molecule has 0 radical (unpaired) electrons. The summed E-state index contributed by atoms with van der Waals surface area (Å²) in [5.74, 6) is 1.62. The molecule has 1 saturated heterocycles. The summed E-state index contributed by atoms with van der Waals surface area (Å²) < 4.78 is 43.4. The van der Waals surface area contributed by atoms with Gasteiger partial charge in [0.15, 0.2) is 11.5 Å².